The molecular formula is C40H66N2O11. The van der Waals surface area contributed by atoms with Crippen LogP contribution >= 0.6 is 0 Å². The molecule has 0 bridgehead atoms. The van der Waals surface area contributed by atoms with Crippen LogP contribution < -0.4 is 0 Å². The molecule has 0 aromatic rings. The molecule has 0 aliphatic carbocycles. The lowest BCUT2D eigenvalue weighted by Crippen LogP contribution is -2.35. The van der Waals surface area contributed by atoms with Crippen LogP contribution in [0.15, 0.2) is 51.8 Å². The zero-order valence-electron chi connectivity index (χ0n) is 33.5. The van der Waals surface area contributed by atoms with Gasteiger partial charge in [-0.15, -0.1) is 0 Å². The van der Waals surface area contributed by atoms with E-state index >= 15 is 0 Å². The topological polar surface area (TPSA) is 133 Å². The number of methoxy groups -OCH3 is 3. The van der Waals surface area contributed by atoms with Crippen LogP contribution in [0.5, 0.6) is 0 Å². The average molecular weight is 751 g/mol. The van der Waals surface area contributed by atoms with E-state index in [2.05, 4.69) is 23.0 Å². The van der Waals surface area contributed by atoms with Gasteiger partial charge in [-0.3, -0.25) is 14.6 Å². The number of amides is 1. The molecule has 4 atom stereocenters. The van der Waals surface area contributed by atoms with Crippen LogP contribution in [0.3, 0.4) is 0 Å². The molecule has 0 radical (unpaired) electrons. The Morgan fingerprint density at radius 3 is 2.23 bits per heavy atom. The van der Waals surface area contributed by atoms with Crippen LogP contribution in [0.25, 0.3) is 0 Å². The van der Waals surface area contributed by atoms with E-state index in [-0.39, 0.29) is 36.5 Å². The monoisotopic (exact) mass is 750 g/mol. The van der Waals surface area contributed by atoms with Gasteiger partial charge in [-0.25, -0.2) is 0 Å². The van der Waals surface area contributed by atoms with Crippen molar-refractivity contribution in [3.8, 4) is 0 Å². The van der Waals surface area contributed by atoms with Crippen molar-refractivity contribution in [2.75, 3.05) is 87.3 Å². The highest BCUT2D eigenvalue weighted by molar-refractivity contribution is 5.84. The standard InChI is InChI=1S/C40H66N2O11/c1-9-10-12-34-24-36-27-41-35(26-39(43)42(36)28-34)25-38(33(5)46-7)53-29-30(2)23-37(13-11-15-51-32(4)31(3)45-6)52-22-21-50-20-19-49-18-17-48-16-14-40(44)47-8/h9-10,23,27,34-37H,11-22,24-26,28-29H2,1-8H3/b10-9-,30-23+,32-31-,38-33-/t34-,35-,36-,37-/m0/s1. The van der Waals surface area contributed by atoms with E-state index in [1.807, 2.05) is 45.7 Å². The van der Waals surface area contributed by atoms with E-state index in [0.717, 1.165) is 49.3 Å². The predicted molar refractivity (Wildman–Crippen MR) is 203 cm³/mol. The summed E-state index contributed by atoms with van der Waals surface area (Å²) in [5.74, 6) is 3.19. The zero-order chi connectivity index (χ0) is 38.8. The Bertz CT molecular complexity index is 1230. The van der Waals surface area contributed by atoms with E-state index < -0.39 is 0 Å². The Balaban J connectivity index is 1.89. The minimum atomic E-state index is -0.297. The van der Waals surface area contributed by atoms with Gasteiger partial charge in [-0.05, 0) is 71.8 Å². The summed E-state index contributed by atoms with van der Waals surface area (Å²) in [5.41, 5.74) is 1.00. The molecule has 2 aliphatic heterocycles. The van der Waals surface area contributed by atoms with Gasteiger partial charge < -0.3 is 47.5 Å². The smallest absolute Gasteiger partial charge is 0.307 e. The first kappa shape index (κ1) is 45.8. The molecule has 0 unspecified atom stereocenters. The number of rotatable bonds is 28. The highest BCUT2D eigenvalue weighted by atomic mass is 16.6. The number of nitrogens with zero attached hydrogens (tertiary/aromatic N) is 2. The molecule has 1 amide bonds. The van der Waals surface area contributed by atoms with E-state index in [1.165, 1.54) is 7.11 Å². The lowest BCUT2D eigenvalue weighted by atomic mass is 10.0. The number of fused-ring (bicyclic) bond motifs is 1. The van der Waals surface area contributed by atoms with Crippen LogP contribution in [0.1, 0.15) is 79.6 Å². The highest BCUT2D eigenvalue weighted by Gasteiger charge is 2.36. The number of aliphatic imine (C=N–C) groups is 1. The second-order valence-corrected chi connectivity index (χ2v) is 13.2. The first-order chi connectivity index (χ1) is 25.6. The Labute approximate surface area is 317 Å². The van der Waals surface area contributed by atoms with Crippen molar-refractivity contribution in [1.29, 1.82) is 0 Å². The summed E-state index contributed by atoms with van der Waals surface area (Å²) in [7, 11) is 4.61. The third-order valence-electron chi connectivity index (χ3n) is 9.13. The molecule has 302 valence electrons. The summed E-state index contributed by atoms with van der Waals surface area (Å²) >= 11 is 0. The second-order valence-electron chi connectivity index (χ2n) is 13.2. The van der Waals surface area contributed by atoms with Crippen LogP contribution in [0.2, 0.25) is 0 Å². The fraction of sp³-hybridized carbons (Fsp3) is 0.725. The number of hydrogen-bond donors (Lipinski definition) is 0. The summed E-state index contributed by atoms with van der Waals surface area (Å²) in [6, 6.07) is -0.148. The Morgan fingerprint density at radius 2 is 1.57 bits per heavy atom. The molecule has 2 rings (SSSR count). The number of allylic oxidation sites excluding steroid dienone is 5. The summed E-state index contributed by atoms with van der Waals surface area (Å²) in [6.07, 6.45) is 12.6. The number of carbonyl (C=O) groups excluding carboxylic acids is 2. The molecule has 0 aromatic heterocycles. The van der Waals surface area contributed by atoms with Gasteiger partial charge in [0.1, 0.15) is 29.6 Å². The summed E-state index contributed by atoms with van der Waals surface area (Å²) in [5, 5.41) is 0. The molecule has 2 aliphatic rings. The van der Waals surface area contributed by atoms with Crippen molar-refractivity contribution >= 4 is 18.1 Å². The largest absolute Gasteiger partial charge is 0.498 e. The minimum Gasteiger partial charge on any atom is -0.498 e. The zero-order valence-corrected chi connectivity index (χ0v) is 33.5. The van der Waals surface area contributed by atoms with Crippen molar-refractivity contribution in [3.05, 3.63) is 46.8 Å². The number of carbonyl (C=O) groups is 2. The van der Waals surface area contributed by atoms with Crippen molar-refractivity contribution in [3.63, 3.8) is 0 Å². The summed E-state index contributed by atoms with van der Waals surface area (Å²) < 4.78 is 50.4. The molecule has 0 aromatic carbocycles. The third kappa shape index (κ3) is 19.0. The van der Waals surface area contributed by atoms with Gasteiger partial charge in [0.25, 0.3) is 0 Å². The van der Waals surface area contributed by atoms with E-state index in [4.69, 9.17) is 42.9 Å². The fourth-order valence-electron chi connectivity index (χ4n) is 5.83. The fourth-order valence-corrected chi connectivity index (χ4v) is 5.83. The van der Waals surface area contributed by atoms with Gasteiger partial charge in [0.2, 0.25) is 5.91 Å². The summed E-state index contributed by atoms with van der Waals surface area (Å²) in [6.45, 7) is 14.1. The summed E-state index contributed by atoms with van der Waals surface area (Å²) in [4.78, 5) is 31.2. The quantitative estimate of drug-likeness (QED) is 0.0408. The van der Waals surface area contributed by atoms with Crippen molar-refractivity contribution in [2.24, 2.45) is 10.9 Å². The molecular weight excluding hydrogens is 684 g/mol. The predicted octanol–water partition coefficient (Wildman–Crippen LogP) is 5.94. The molecule has 2 heterocycles. The second kappa shape index (κ2) is 27.2. The van der Waals surface area contributed by atoms with E-state index in [9.17, 15) is 9.59 Å². The van der Waals surface area contributed by atoms with Gasteiger partial charge in [-0.2, -0.15) is 0 Å². The van der Waals surface area contributed by atoms with Crippen molar-refractivity contribution < 1.29 is 52.2 Å². The van der Waals surface area contributed by atoms with Gasteiger partial charge in [0.15, 0.2) is 0 Å². The molecule has 0 spiro atoms. The van der Waals surface area contributed by atoms with Gasteiger partial charge in [0.05, 0.1) is 98.8 Å². The maximum Gasteiger partial charge on any atom is 0.307 e. The van der Waals surface area contributed by atoms with Crippen LogP contribution in [-0.4, -0.2) is 129 Å². The molecule has 0 N–H and O–H groups in total. The Hall–Kier alpha value is -3.39. The van der Waals surface area contributed by atoms with Crippen LogP contribution in [0, 0.1) is 5.92 Å². The molecule has 13 nitrogen and oxygen atoms in total. The van der Waals surface area contributed by atoms with Crippen LogP contribution in [0.4, 0.5) is 0 Å². The minimum absolute atomic E-state index is 0.0613. The lowest BCUT2D eigenvalue weighted by molar-refractivity contribution is -0.142. The average Bonchev–Trinajstić information content (AvgIpc) is 3.52. The highest BCUT2D eigenvalue weighted by Crippen LogP contribution is 2.30. The molecule has 13 heteroatoms. The maximum absolute atomic E-state index is 13.2. The van der Waals surface area contributed by atoms with Crippen molar-refractivity contribution in [1.82, 2.24) is 4.90 Å². The normalized spacial score (nSPS) is 20.5. The molecule has 1 saturated heterocycles. The van der Waals surface area contributed by atoms with Gasteiger partial charge in [-0.1, -0.05) is 18.2 Å². The number of ether oxygens (including phenoxy) is 9. The lowest BCUT2D eigenvalue weighted by Gasteiger charge is -2.21. The molecule has 0 saturated carbocycles. The van der Waals surface area contributed by atoms with Crippen LogP contribution in [-0.2, 0) is 52.2 Å². The van der Waals surface area contributed by atoms with Crippen molar-refractivity contribution in [2.45, 2.75) is 97.8 Å². The maximum atomic E-state index is 13.2. The Kier molecular flexibility index (Phi) is 23.5. The third-order valence-corrected chi connectivity index (χ3v) is 9.13. The first-order valence-corrected chi connectivity index (χ1v) is 18.8. The number of esters is 1. The molecule has 1 fully saturated rings. The Morgan fingerprint density at radius 1 is 0.887 bits per heavy atom. The SMILES string of the molecule is C/C=C\C[C@H]1C[C@H]2C=N[C@@H](C/C(OC/C(C)=C/[C@H](CCCO/C(C)=C(/C)OC)OCCOCCOCCOCCC(=O)OC)=C(\C)OC)CC(=O)N2C1. The number of hydrogen-bond acceptors (Lipinski definition) is 12. The first-order valence-electron chi connectivity index (χ1n) is 18.8. The van der Waals surface area contributed by atoms with Gasteiger partial charge in [0, 0.05) is 25.6 Å². The van der Waals surface area contributed by atoms with Gasteiger partial charge >= 0.3 is 5.97 Å². The van der Waals surface area contributed by atoms with E-state index in [1.54, 1.807) is 14.2 Å². The van der Waals surface area contributed by atoms with E-state index in [0.29, 0.717) is 89.7 Å². The molecule has 53 heavy (non-hydrogen) atoms.